The van der Waals surface area contributed by atoms with E-state index in [0.717, 1.165) is 11.3 Å². The van der Waals surface area contributed by atoms with Crippen LogP contribution in [0.1, 0.15) is 12.5 Å². The van der Waals surface area contributed by atoms with Gasteiger partial charge in [0.05, 0.1) is 6.61 Å². The minimum atomic E-state index is 0.444. The molecule has 0 unspecified atom stereocenters. The first-order chi connectivity index (χ1) is 5.77. The fourth-order valence-electron chi connectivity index (χ4n) is 0.964. The van der Waals surface area contributed by atoms with Crippen molar-refractivity contribution in [2.75, 3.05) is 6.61 Å². The highest BCUT2D eigenvalue weighted by molar-refractivity contribution is 6.31. The molecule has 0 aliphatic heterocycles. The summed E-state index contributed by atoms with van der Waals surface area (Å²) < 4.78 is 5.29. The molecule has 0 saturated carbocycles. The lowest BCUT2D eigenvalue weighted by Crippen LogP contribution is -1.98. The molecule has 0 aliphatic rings. The van der Waals surface area contributed by atoms with Crippen LogP contribution in [-0.4, -0.2) is 6.61 Å². The number of hydrogen-bond donors (Lipinski definition) is 1. The van der Waals surface area contributed by atoms with Gasteiger partial charge in [0.1, 0.15) is 5.75 Å². The summed E-state index contributed by atoms with van der Waals surface area (Å²) >= 11 is 5.86. The van der Waals surface area contributed by atoms with Crippen molar-refractivity contribution < 1.29 is 4.74 Å². The van der Waals surface area contributed by atoms with Gasteiger partial charge < -0.3 is 10.5 Å². The number of benzene rings is 1. The van der Waals surface area contributed by atoms with Crippen molar-refractivity contribution in [3.05, 3.63) is 28.8 Å². The number of halogens is 1. The molecule has 0 radical (unpaired) electrons. The van der Waals surface area contributed by atoms with Gasteiger partial charge in [-0.05, 0) is 30.7 Å². The van der Waals surface area contributed by atoms with Crippen LogP contribution >= 0.6 is 11.6 Å². The van der Waals surface area contributed by atoms with Gasteiger partial charge in [-0.25, -0.2) is 0 Å². The first kappa shape index (κ1) is 9.36. The average molecular weight is 186 g/mol. The van der Waals surface area contributed by atoms with Gasteiger partial charge in [0.15, 0.2) is 0 Å². The van der Waals surface area contributed by atoms with Crippen LogP contribution in [0.15, 0.2) is 18.2 Å². The zero-order valence-electron chi connectivity index (χ0n) is 7.01. The molecule has 0 fully saturated rings. The van der Waals surface area contributed by atoms with Crippen molar-refractivity contribution in [2.24, 2.45) is 5.73 Å². The van der Waals surface area contributed by atoms with Gasteiger partial charge in [0.2, 0.25) is 0 Å². The van der Waals surface area contributed by atoms with E-state index in [4.69, 9.17) is 22.1 Å². The maximum Gasteiger partial charge on any atom is 0.119 e. The van der Waals surface area contributed by atoms with Crippen LogP contribution in [0, 0.1) is 0 Å². The smallest absolute Gasteiger partial charge is 0.119 e. The van der Waals surface area contributed by atoms with E-state index in [2.05, 4.69) is 0 Å². The number of rotatable bonds is 3. The van der Waals surface area contributed by atoms with Crippen molar-refractivity contribution in [3.63, 3.8) is 0 Å². The average Bonchev–Trinajstić information content (AvgIpc) is 2.09. The summed E-state index contributed by atoms with van der Waals surface area (Å²) in [6.07, 6.45) is 0. The zero-order valence-corrected chi connectivity index (χ0v) is 7.77. The van der Waals surface area contributed by atoms with E-state index in [0.29, 0.717) is 18.2 Å². The van der Waals surface area contributed by atoms with Gasteiger partial charge in [-0.15, -0.1) is 0 Å². The Morgan fingerprint density at radius 3 is 2.83 bits per heavy atom. The summed E-state index contributed by atoms with van der Waals surface area (Å²) in [5.41, 5.74) is 6.39. The lowest BCUT2D eigenvalue weighted by atomic mass is 10.2. The Bertz CT molecular complexity index is 263. The van der Waals surface area contributed by atoms with Gasteiger partial charge in [-0.2, -0.15) is 0 Å². The lowest BCUT2D eigenvalue weighted by molar-refractivity contribution is 0.340. The summed E-state index contributed by atoms with van der Waals surface area (Å²) in [6, 6.07) is 5.51. The fourth-order valence-corrected chi connectivity index (χ4v) is 1.16. The van der Waals surface area contributed by atoms with Crippen molar-refractivity contribution in [2.45, 2.75) is 13.5 Å². The second-order valence-electron chi connectivity index (χ2n) is 2.39. The van der Waals surface area contributed by atoms with Gasteiger partial charge >= 0.3 is 0 Å². The highest BCUT2D eigenvalue weighted by Gasteiger charge is 1.99. The summed E-state index contributed by atoms with van der Waals surface area (Å²) in [5.74, 6) is 0.822. The molecule has 0 bridgehead atoms. The van der Waals surface area contributed by atoms with Crippen LogP contribution in [0.2, 0.25) is 5.02 Å². The molecule has 0 heterocycles. The minimum Gasteiger partial charge on any atom is -0.494 e. The summed E-state index contributed by atoms with van der Waals surface area (Å²) in [7, 11) is 0. The Morgan fingerprint density at radius 2 is 2.25 bits per heavy atom. The Morgan fingerprint density at radius 1 is 1.50 bits per heavy atom. The lowest BCUT2D eigenvalue weighted by Gasteiger charge is -2.05. The fraction of sp³-hybridized carbons (Fsp3) is 0.333. The van der Waals surface area contributed by atoms with E-state index in [9.17, 15) is 0 Å². The molecular weight excluding hydrogens is 174 g/mol. The van der Waals surface area contributed by atoms with Crippen molar-refractivity contribution in [1.29, 1.82) is 0 Å². The first-order valence-electron chi connectivity index (χ1n) is 3.89. The van der Waals surface area contributed by atoms with Crippen LogP contribution in [0.25, 0.3) is 0 Å². The first-order valence-corrected chi connectivity index (χ1v) is 4.27. The zero-order chi connectivity index (χ0) is 8.97. The molecule has 0 spiro atoms. The molecule has 0 aromatic heterocycles. The van der Waals surface area contributed by atoms with Crippen LogP contribution in [0.5, 0.6) is 5.75 Å². The van der Waals surface area contributed by atoms with Gasteiger partial charge in [0, 0.05) is 11.6 Å². The number of ether oxygens (including phenoxy) is 1. The van der Waals surface area contributed by atoms with Crippen LogP contribution in [0.4, 0.5) is 0 Å². The van der Waals surface area contributed by atoms with Crippen molar-refractivity contribution in [1.82, 2.24) is 0 Å². The molecule has 2 N–H and O–H groups in total. The van der Waals surface area contributed by atoms with E-state index in [-0.39, 0.29) is 0 Å². The SMILES string of the molecule is CCOc1ccc(Cl)c(CN)c1. The predicted octanol–water partition coefficient (Wildman–Crippen LogP) is 2.20. The topological polar surface area (TPSA) is 35.2 Å². The van der Waals surface area contributed by atoms with Gasteiger partial charge in [0.25, 0.3) is 0 Å². The van der Waals surface area contributed by atoms with Crippen LogP contribution < -0.4 is 10.5 Å². The number of hydrogen-bond acceptors (Lipinski definition) is 2. The van der Waals surface area contributed by atoms with Crippen molar-refractivity contribution >= 4 is 11.6 Å². The predicted molar refractivity (Wildman–Crippen MR) is 50.5 cm³/mol. The molecular formula is C9H12ClNO. The monoisotopic (exact) mass is 185 g/mol. The van der Waals surface area contributed by atoms with E-state index in [1.54, 1.807) is 6.07 Å². The summed E-state index contributed by atoms with van der Waals surface area (Å²) in [4.78, 5) is 0. The third kappa shape index (κ3) is 2.13. The van der Waals surface area contributed by atoms with E-state index in [1.807, 2.05) is 19.1 Å². The standard InChI is InChI=1S/C9H12ClNO/c1-2-12-8-3-4-9(10)7(5-8)6-11/h3-5H,2,6,11H2,1H3. The molecule has 1 rings (SSSR count). The maximum atomic E-state index is 5.86. The molecule has 1 aromatic carbocycles. The quantitative estimate of drug-likeness (QED) is 0.784. The highest BCUT2D eigenvalue weighted by atomic mass is 35.5. The van der Waals surface area contributed by atoms with E-state index < -0.39 is 0 Å². The molecule has 3 heteroatoms. The van der Waals surface area contributed by atoms with Crippen molar-refractivity contribution in [3.8, 4) is 5.75 Å². The minimum absolute atomic E-state index is 0.444. The molecule has 0 saturated heterocycles. The Balaban J connectivity index is 2.89. The van der Waals surface area contributed by atoms with Gasteiger partial charge in [-0.3, -0.25) is 0 Å². The molecule has 0 atom stereocenters. The molecule has 0 aliphatic carbocycles. The van der Waals surface area contributed by atoms with E-state index in [1.165, 1.54) is 0 Å². The maximum absolute atomic E-state index is 5.86. The highest BCUT2D eigenvalue weighted by Crippen LogP contribution is 2.21. The van der Waals surface area contributed by atoms with E-state index >= 15 is 0 Å². The van der Waals surface area contributed by atoms with Crippen LogP contribution in [0.3, 0.4) is 0 Å². The number of nitrogens with two attached hydrogens (primary N) is 1. The Labute approximate surface area is 77.3 Å². The molecule has 0 amide bonds. The normalized spacial score (nSPS) is 9.92. The molecule has 12 heavy (non-hydrogen) atoms. The molecule has 2 nitrogen and oxygen atoms in total. The Hall–Kier alpha value is -0.730. The molecule has 1 aromatic rings. The second-order valence-corrected chi connectivity index (χ2v) is 2.80. The van der Waals surface area contributed by atoms with Gasteiger partial charge in [-0.1, -0.05) is 11.6 Å². The third-order valence-corrected chi connectivity index (χ3v) is 1.92. The summed E-state index contributed by atoms with van der Waals surface area (Å²) in [6.45, 7) is 3.04. The largest absolute Gasteiger partial charge is 0.494 e. The molecule has 66 valence electrons. The summed E-state index contributed by atoms with van der Waals surface area (Å²) in [5, 5.41) is 0.695. The second kappa shape index (κ2) is 4.33. The third-order valence-electron chi connectivity index (χ3n) is 1.55. The Kier molecular flexibility index (Phi) is 3.38. The van der Waals surface area contributed by atoms with Crippen LogP contribution in [-0.2, 0) is 6.54 Å².